The molecule has 2 aromatic rings. The minimum atomic E-state index is -0.0724. The van der Waals surface area contributed by atoms with Crippen LogP contribution in [0, 0.1) is 0 Å². The molecule has 30 heavy (non-hydrogen) atoms. The number of amides is 1. The van der Waals surface area contributed by atoms with E-state index >= 15 is 0 Å². The van der Waals surface area contributed by atoms with E-state index in [2.05, 4.69) is 27.0 Å². The molecule has 2 rings (SSSR count). The van der Waals surface area contributed by atoms with E-state index in [1.54, 1.807) is 28.3 Å². The Hall–Kier alpha value is -3.22. The Bertz CT molecular complexity index is 852. The molecule has 0 saturated heterocycles. The highest BCUT2D eigenvalue weighted by molar-refractivity contribution is 5.94. The highest BCUT2D eigenvalue weighted by atomic mass is 16.5. The van der Waals surface area contributed by atoms with Gasteiger partial charge in [-0.15, -0.1) is 0 Å². The summed E-state index contributed by atoms with van der Waals surface area (Å²) < 4.78 is 10.6. The fraction of sp³-hybridized carbons (Fsp3) is 0.391. The van der Waals surface area contributed by atoms with Gasteiger partial charge in [0.25, 0.3) is 5.91 Å². The number of benzene rings is 2. The van der Waals surface area contributed by atoms with Gasteiger partial charge < -0.3 is 25.4 Å². The van der Waals surface area contributed by atoms with Crippen LogP contribution in [-0.2, 0) is 12.8 Å². The van der Waals surface area contributed by atoms with Gasteiger partial charge in [-0.25, -0.2) is 0 Å². The zero-order valence-electron chi connectivity index (χ0n) is 18.2. The summed E-state index contributed by atoms with van der Waals surface area (Å²) in [5.74, 6) is 2.19. The zero-order valence-corrected chi connectivity index (χ0v) is 18.2. The molecule has 0 radical (unpaired) electrons. The summed E-state index contributed by atoms with van der Waals surface area (Å²) in [6, 6.07) is 13.7. The molecule has 1 amide bonds. The number of carbonyl (C=O) groups excluding carboxylic acids is 1. The maximum Gasteiger partial charge on any atom is 0.251 e. The van der Waals surface area contributed by atoms with Crippen molar-refractivity contribution in [1.82, 2.24) is 16.0 Å². The lowest BCUT2D eigenvalue weighted by molar-refractivity contribution is 0.0963. The average molecular weight is 413 g/mol. The SMILES string of the molecule is CN=C(NCCCc1ccc(OC)c(OC)c1)NCCc1cccc(C(=O)NC)c1. The minimum Gasteiger partial charge on any atom is -0.493 e. The van der Waals surface area contributed by atoms with Gasteiger partial charge >= 0.3 is 0 Å². The van der Waals surface area contributed by atoms with E-state index < -0.39 is 0 Å². The molecule has 0 aromatic heterocycles. The van der Waals surface area contributed by atoms with Crippen molar-refractivity contribution in [3.8, 4) is 11.5 Å². The van der Waals surface area contributed by atoms with Crippen molar-refractivity contribution in [3.05, 3.63) is 59.2 Å². The average Bonchev–Trinajstić information content (AvgIpc) is 2.79. The van der Waals surface area contributed by atoms with Crippen molar-refractivity contribution in [2.24, 2.45) is 4.99 Å². The number of aryl methyl sites for hydroxylation is 1. The molecule has 0 aliphatic carbocycles. The Morgan fingerprint density at radius 3 is 2.37 bits per heavy atom. The Labute approximate surface area is 178 Å². The van der Waals surface area contributed by atoms with E-state index in [1.165, 1.54) is 5.56 Å². The Kier molecular flexibility index (Phi) is 9.51. The first-order chi connectivity index (χ1) is 14.6. The van der Waals surface area contributed by atoms with Gasteiger partial charge in [-0.1, -0.05) is 18.2 Å². The van der Waals surface area contributed by atoms with E-state index in [1.807, 2.05) is 36.4 Å². The van der Waals surface area contributed by atoms with E-state index in [0.717, 1.165) is 55.4 Å². The quantitative estimate of drug-likeness (QED) is 0.317. The first kappa shape index (κ1) is 23.1. The fourth-order valence-electron chi connectivity index (χ4n) is 3.09. The molecule has 2 aromatic carbocycles. The molecule has 0 aliphatic heterocycles. The summed E-state index contributed by atoms with van der Waals surface area (Å²) >= 11 is 0. The van der Waals surface area contributed by atoms with Crippen molar-refractivity contribution in [2.75, 3.05) is 41.4 Å². The number of hydrogen-bond acceptors (Lipinski definition) is 4. The molecular weight excluding hydrogens is 380 g/mol. The molecule has 3 N–H and O–H groups in total. The topological polar surface area (TPSA) is 84.0 Å². The number of rotatable bonds is 10. The van der Waals surface area contributed by atoms with Crippen LogP contribution in [0.1, 0.15) is 27.9 Å². The summed E-state index contributed by atoms with van der Waals surface area (Å²) in [6.45, 7) is 1.53. The Morgan fingerprint density at radius 2 is 1.67 bits per heavy atom. The Morgan fingerprint density at radius 1 is 0.933 bits per heavy atom. The van der Waals surface area contributed by atoms with Crippen molar-refractivity contribution >= 4 is 11.9 Å². The monoisotopic (exact) mass is 412 g/mol. The van der Waals surface area contributed by atoms with Gasteiger partial charge in [0.15, 0.2) is 17.5 Å². The van der Waals surface area contributed by atoms with E-state index in [0.29, 0.717) is 5.56 Å². The minimum absolute atomic E-state index is 0.0724. The zero-order chi connectivity index (χ0) is 21.8. The number of ether oxygens (including phenoxy) is 2. The fourth-order valence-corrected chi connectivity index (χ4v) is 3.09. The molecule has 0 saturated carbocycles. The molecule has 7 nitrogen and oxygen atoms in total. The van der Waals surface area contributed by atoms with Gasteiger partial charge in [0.1, 0.15) is 0 Å². The summed E-state index contributed by atoms with van der Waals surface area (Å²) in [4.78, 5) is 16.0. The molecule has 0 aliphatic rings. The van der Waals surface area contributed by atoms with Gasteiger partial charge in [0.2, 0.25) is 0 Å². The van der Waals surface area contributed by atoms with Gasteiger partial charge in [0, 0.05) is 32.7 Å². The van der Waals surface area contributed by atoms with Crippen LogP contribution in [0.25, 0.3) is 0 Å². The number of nitrogens with zero attached hydrogens (tertiary/aromatic N) is 1. The second-order valence-corrected chi connectivity index (χ2v) is 6.75. The molecule has 0 atom stereocenters. The second-order valence-electron chi connectivity index (χ2n) is 6.75. The van der Waals surface area contributed by atoms with Crippen molar-refractivity contribution in [3.63, 3.8) is 0 Å². The van der Waals surface area contributed by atoms with Crippen LogP contribution in [0.4, 0.5) is 0 Å². The summed E-state index contributed by atoms with van der Waals surface area (Å²) in [6.07, 6.45) is 2.69. The number of aliphatic imine (C=N–C) groups is 1. The van der Waals surface area contributed by atoms with E-state index in [-0.39, 0.29) is 5.91 Å². The van der Waals surface area contributed by atoms with E-state index in [9.17, 15) is 4.79 Å². The van der Waals surface area contributed by atoms with Crippen LogP contribution in [0.5, 0.6) is 11.5 Å². The predicted molar refractivity (Wildman–Crippen MR) is 121 cm³/mol. The molecule has 0 spiro atoms. The summed E-state index contributed by atoms with van der Waals surface area (Å²) in [5, 5.41) is 9.30. The lowest BCUT2D eigenvalue weighted by Gasteiger charge is -2.13. The lowest BCUT2D eigenvalue weighted by Crippen LogP contribution is -2.38. The number of nitrogens with one attached hydrogen (secondary N) is 3. The number of hydrogen-bond donors (Lipinski definition) is 3. The molecule has 0 bridgehead atoms. The van der Waals surface area contributed by atoms with Crippen LogP contribution in [0.3, 0.4) is 0 Å². The molecule has 7 heteroatoms. The molecule has 0 heterocycles. The largest absolute Gasteiger partial charge is 0.493 e. The summed E-state index contributed by atoms with van der Waals surface area (Å²) in [5.41, 5.74) is 2.98. The summed E-state index contributed by atoms with van der Waals surface area (Å²) in [7, 11) is 6.68. The highest BCUT2D eigenvalue weighted by Gasteiger charge is 2.06. The van der Waals surface area contributed by atoms with Gasteiger partial charge in [-0.05, 0) is 54.7 Å². The van der Waals surface area contributed by atoms with Crippen molar-refractivity contribution in [1.29, 1.82) is 0 Å². The van der Waals surface area contributed by atoms with Crippen LogP contribution in [0.2, 0.25) is 0 Å². The smallest absolute Gasteiger partial charge is 0.251 e. The van der Waals surface area contributed by atoms with Crippen molar-refractivity contribution < 1.29 is 14.3 Å². The van der Waals surface area contributed by atoms with E-state index in [4.69, 9.17) is 9.47 Å². The third-order valence-electron chi connectivity index (χ3n) is 4.73. The number of methoxy groups -OCH3 is 2. The first-order valence-electron chi connectivity index (χ1n) is 10.1. The molecule has 0 unspecified atom stereocenters. The molecule has 0 fully saturated rings. The van der Waals surface area contributed by atoms with Gasteiger partial charge in [-0.2, -0.15) is 0 Å². The van der Waals surface area contributed by atoms with Gasteiger partial charge in [-0.3, -0.25) is 9.79 Å². The normalized spacial score (nSPS) is 11.0. The molecular formula is C23H32N4O3. The third-order valence-corrected chi connectivity index (χ3v) is 4.73. The number of carbonyl (C=O) groups is 1. The Balaban J connectivity index is 1.73. The second kappa shape index (κ2) is 12.4. The third kappa shape index (κ3) is 6.99. The number of guanidine groups is 1. The van der Waals surface area contributed by atoms with Crippen LogP contribution >= 0.6 is 0 Å². The van der Waals surface area contributed by atoms with Crippen molar-refractivity contribution in [2.45, 2.75) is 19.3 Å². The highest BCUT2D eigenvalue weighted by Crippen LogP contribution is 2.27. The molecule has 162 valence electrons. The maximum absolute atomic E-state index is 11.7. The first-order valence-corrected chi connectivity index (χ1v) is 10.1. The van der Waals surface area contributed by atoms with Crippen LogP contribution in [0.15, 0.2) is 47.5 Å². The lowest BCUT2D eigenvalue weighted by atomic mass is 10.1. The maximum atomic E-state index is 11.7. The predicted octanol–water partition coefficient (Wildman–Crippen LogP) is 2.40. The van der Waals surface area contributed by atoms with Gasteiger partial charge in [0.05, 0.1) is 14.2 Å². The van der Waals surface area contributed by atoms with Crippen LogP contribution in [-0.4, -0.2) is 53.3 Å². The van der Waals surface area contributed by atoms with Crippen LogP contribution < -0.4 is 25.4 Å². The standard InChI is InChI=1S/C23H32N4O3/c1-24-22(28)19-9-5-7-18(15-19)12-14-27-23(25-2)26-13-6-8-17-10-11-20(29-3)21(16-17)30-4/h5,7,9-11,15-16H,6,8,12-14H2,1-4H3,(H,24,28)(H2,25,26,27).